The molecule has 70 valence electrons. The third kappa shape index (κ3) is 2.34. The Morgan fingerprint density at radius 2 is 2.31 bits per heavy atom. The van der Waals surface area contributed by atoms with E-state index in [1.165, 1.54) is 13.0 Å². The third-order valence-corrected chi connectivity index (χ3v) is 2.01. The molecule has 1 atom stereocenters. The molecule has 1 unspecified atom stereocenters. The Balaban J connectivity index is 2.92. The van der Waals surface area contributed by atoms with Crippen LogP contribution in [0.5, 0.6) is 0 Å². The number of ketones is 1. The fourth-order valence-corrected chi connectivity index (χ4v) is 1.30. The number of nitrogens with zero attached hydrogens (tertiary/aromatic N) is 1. The number of Topliss-reactive ketones (excluding diaryl/α,β-unsaturated/α-hetero) is 1. The number of rotatable bonds is 3. The largest absolute Gasteiger partial charge is 0.299 e. The average molecular weight is 181 g/mol. The number of hydrogen-bond acceptors (Lipinski definition) is 2. The van der Waals surface area contributed by atoms with Crippen LogP contribution in [0.2, 0.25) is 0 Å². The second-order valence-electron chi connectivity index (χ2n) is 2.97. The summed E-state index contributed by atoms with van der Waals surface area (Å²) in [6.45, 7) is 3.44. The van der Waals surface area contributed by atoms with Gasteiger partial charge in [0.2, 0.25) is 0 Å². The maximum Gasteiger partial charge on any atom is 0.141 e. The van der Waals surface area contributed by atoms with E-state index in [2.05, 4.69) is 4.98 Å². The van der Waals surface area contributed by atoms with Gasteiger partial charge in [-0.25, -0.2) is 4.39 Å². The van der Waals surface area contributed by atoms with Crippen LogP contribution in [-0.2, 0) is 4.79 Å². The minimum Gasteiger partial charge on any atom is -0.299 e. The summed E-state index contributed by atoms with van der Waals surface area (Å²) in [6.07, 6.45) is 1.84. The summed E-state index contributed by atoms with van der Waals surface area (Å²) in [7, 11) is 0. The van der Waals surface area contributed by atoms with Gasteiger partial charge in [0.25, 0.3) is 0 Å². The van der Waals surface area contributed by atoms with E-state index in [1.807, 2.05) is 6.92 Å². The lowest BCUT2D eigenvalue weighted by molar-refractivity contribution is -0.118. The molecule has 0 fully saturated rings. The van der Waals surface area contributed by atoms with E-state index < -0.39 is 0 Å². The van der Waals surface area contributed by atoms with Crippen molar-refractivity contribution in [1.82, 2.24) is 4.98 Å². The van der Waals surface area contributed by atoms with Crippen molar-refractivity contribution in [3.05, 3.63) is 29.8 Å². The SMILES string of the molecule is CCC(C(C)=O)c1ccc(F)cn1. The predicted octanol–water partition coefficient (Wildman–Crippen LogP) is 2.30. The Hall–Kier alpha value is -1.25. The van der Waals surface area contributed by atoms with Gasteiger partial charge in [0.05, 0.1) is 17.8 Å². The van der Waals surface area contributed by atoms with E-state index in [4.69, 9.17) is 0 Å². The van der Waals surface area contributed by atoms with E-state index in [1.54, 1.807) is 6.07 Å². The third-order valence-electron chi connectivity index (χ3n) is 2.01. The monoisotopic (exact) mass is 181 g/mol. The van der Waals surface area contributed by atoms with Crippen molar-refractivity contribution in [2.45, 2.75) is 26.2 Å². The van der Waals surface area contributed by atoms with Gasteiger partial charge >= 0.3 is 0 Å². The van der Waals surface area contributed by atoms with Gasteiger partial charge in [0, 0.05) is 0 Å². The Kier molecular flexibility index (Phi) is 3.12. The van der Waals surface area contributed by atoms with E-state index in [9.17, 15) is 9.18 Å². The van der Waals surface area contributed by atoms with Gasteiger partial charge < -0.3 is 0 Å². The highest BCUT2D eigenvalue weighted by molar-refractivity contribution is 5.82. The summed E-state index contributed by atoms with van der Waals surface area (Å²) in [5, 5.41) is 0. The molecule has 0 saturated heterocycles. The first kappa shape index (κ1) is 9.84. The lowest BCUT2D eigenvalue weighted by atomic mass is 9.98. The molecule has 0 aliphatic heterocycles. The zero-order valence-corrected chi connectivity index (χ0v) is 7.75. The molecule has 0 saturated carbocycles. The highest BCUT2D eigenvalue weighted by Crippen LogP contribution is 2.17. The maximum absolute atomic E-state index is 12.5. The Labute approximate surface area is 76.8 Å². The van der Waals surface area contributed by atoms with Gasteiger partial charge in [-0.3, -0.25) is 9.78 Å². The maximum atomic E-state index is 12.5. The molecule has 0 aliphatic carbocycles. The van der Waals surface area contributed by atoms with Gasteiger partial charge in [-0.2, -0.15) is 0 Å². The summed E-state index contributed by atoms with van der Waals surface area (Å²) < 4.78 is 12.5. The van der Waals surface area contributed by atoms with Crippen molar-refractivity contribution in [2.24, 2.45) is 0 Å². The van der Waals surface area contributed by atoms with Gasteiger partial charge in [0.15, 0.2) is 0 Å². The van der Waals surface area contributed by atoms with Gasteiger partial charge in [-0.15, -0.1) is 0 Å². The number of carbonyl (C=O) groups excluding carboxylic acids is 1. The van der Waals surface area contributed by atoms with Crippen molar-refractivity contribution < 1.29 is 9.18 Å². The number of hydrogen-bond donors (Lipinski definition) is 0. The van der Waals surface area contributed by atoms with Crippen LogP contribution in [0.15, 0.2) is 18.3 Å². The van der Waals surface area contributed by atoms with Crippen LogP contribution in [-0.4, -0.2) is 10.8 Å². The summed E-state index contributed by atoms with van der Waals surface area (Å²) >= 11 is 0. The number of halogens is 1. The molecule has 1 heterocycles. The molecule has 0 radical (unpaired) electrons. The zero-order chi connectivity index (χ0) is 9.84. The first-order chi connectivity index (χ1) is 6.15. The van der Waals surface area contributed by atoms with Crippen molar-refractivity contribution in [3.8, 4) is 0 Å². The van der Waals surface area contributed by atoms with Crippen molar-refractivity contribution >= 4 is 5.78 Å². The smallest absolute Gasteiger partial charge is 0.141 e. The second kappa shape index (κ2) is 4.12. The minimum atomic E-state index is -0.373. The summed E-state index contributed by atoms with van der Waals surface area (Å²) in [6, 6.07) is 2.89. The quantitative estimate of drug-likeness (QED) is 0.716. The normalized spacial score (nSPS) is 12.5. The van der Waals surface area contributed by atoms with Gasteiger partial charge in [0.1, 0.15) is 11.6 Å². The molecular formula is C10H12FNO. The van der Waals surface area contributed by atoms with Crippen LogP contribution in [0, 0.1) is 5.82 Å². The van der Waals surface area contributed by atoms with Crippen LogP contribution in [0.3, 0.4) is 0 Å². The molecule has 2 nitrogen and oxygen atoms in total. The molecule has 13 heavy (non-hydrogen) atoms. The molecule has 1 rings (SSSR count). The van der Waals surface area contributed by atoms with Crippen molar-refractivity contribution in [1.29, 1.82) is 0 Å². The molecule has 0 aliphatic rings. The molecule has 0 spiro atoms. The number of pyridine rings is 1. The van der Waals surface area contributed by atoms with Crippen LogP contribution < -0.4 is 0 Å². The Morgan fingerprint density at radius 3 is 2.69 bits per heavy atom. The second-order valence-corrected chi connectivity index (χ2v) is 2.97. The average Bonchev–Trinajstić information content (AvgIpc) is 2.09. The van der Waals surface area contributed by atoms with Crippen LogP contribution in [0.4, 0.5) is 4.39 Å². The standard InChI is InChI=1S/C10H12FNO/c1-3-9(7(2)13)10-5-4-8(11)6-12-10/h4-6,9H,3H2,1-2H3. The van der Waals surface area contributed by atoms with E-state index >= 15 is 0 Å². The molecule has 0 amide bonds. The molecule has 3 heteroatoms. The van der Waals surface area contributed by atoms with Gasteiger partial charge in [-0.1, -0.05) is 6.92 Å². The lowest BCUT2D eigenvalue weighted by Gasteiger charge is -2.09. The molecule has 1 aromatic heterocycles. The Morgan fingerprint density at radius 1 is 1.62 bits per heavy atom. The van der Waals surface area contributed by atoms with Crippen LogP contribution in [0.25, 0.3) is 0 Å². The fourth-order valence-electron chi connectivity index (χ4n) is 1.30. The van der Waals surface area contributed by atoms with E-state index in [0.717, 1.165) is 6.20 Å². The van der Waals surface area contributed by atoms with Crippen LogP contribution in [0.1, 0.15) is 31.9 Å². The summed E-state index contributed by atoms with van der Waals surface area (Å²) in [4.78, 5) is 15.0. The lowest BCUT2D eigenvalue weighted by Crippen LogP contribution is -2.09. The molecule has 0 aromatic carbocycles. The van der Waals surface area contributed by atoms with Crippen molar-refractivity contribution in [3.63, 3.8) is 0 Å². The summed E-state index contributed by atoms with van der Waals surface area (Å²) in [5.74, 6) is -0.496. The number of carbonyl (C=O) groups is 1. The number of aromatic nitrogens is 1. The predicted molar refractivity (Wildman–Crippen MR) is 47.9 cm³/mol. The van der Waals surface area contributed by atoms with E-state index in [-0.39, 0.29) is 17.5 Å². The Bertz CT molecular complexity index is 294. The summed E-state index contributed by atoms with van der Waals surface area (Å²) in [5.41, 5.74) is 0.649. The molecule has 0 bridgehead atoms. The van der Waals surface area contributed by atoms with Crippen LogP contribution >= 0.6 is 0 Å². The highest BCUT2D eigenvalue weighted by atomic mass is 19.1. The van der Waals surface area contributed by atoms with Crippen molar-refractivity contribution in [2.75, 3.05) is 0 Å². The topological polar surface area (TPSA) is 30.0 Å². The highest BCUT2D eigenvalue weighted by Gasteiger charge is 2.15. The first-order valence-corrected chi connectivity index (χ1v) is 4.27. The molecular weight excluding hydrogens is 169 g/mol. The zero-order valence-electron chi connectivity index (χ0n) is 7.75. The molecule has 0 N–H and O–H groups in total. The van der Waals surface area contributed by atoms with E-state index in [0.29, 0.717) is 12.1 Å². The van der Waals surface area contributed by atoms with Gasteiger partial charge in [-0.05, 0) is 25.5 Å². The molecule has 1 aromatic rings. The first-order valence-electron chi connectivity index (χ1n) is 4.27. The fraction of sp³-hybridized carbons (Fsp3) is 0.400. The minimum absolute atomic E-state index is 0.0709.